The van der Waals surface area contributed by atoms with Gasteiger partial charge in [-0.3, -0.25) is 9.59 Å². The fourth-order valence-corrected chi connectivity index (χ4v) is 3.43. The smallest absolute Gasteiger partial charge is 0.311 e. The molecule has 0 radical (unpaired) electrons. The van der Waals surface area contributed by atoms with Crippen molar-refractivity contribution in [2.24, 2.45) is 0 Å². The first kappa shape index (κ1) is 17.3. The monoisotopic (exact) mass is 378 g/mol. The Morgan fingerprint density at radius 2 is 2.24 bits per heavy atom. The van der Waals surface area contributed by atoms with Crippen molar-refractivity contribution in [3.63, 3.8) is 0 Å². The van der Waals surface area contributed by atoms with Crippen molar-refractivity contribution >= 4 is 51.3 Å². The SMILES string of the molecule is CCOC(=O)Cc1csc(NC(=O)CSc2ncnc3nc[nH]c23)n1. The summed E-state index contributed by atoms with van der Waals surface area (Å²) in [6, 6.07) is 0. The molecule has 0 fully saturated rings. The maximum Gasteiger partial charge on any atom is 0.311 e. The number of aromatic nitrogens is 5. The van der Waals surface area contributed by atoms with Gasteiger partial charge in [-0.2, -0.15) is 0 Å². The number of thioether (sulfide) groups is 1. The van der Waals surface area contributed by atoms with E-state index in [1.807, 2.05) is 0 Å². The van der Waals surface area contributed by atoms with Gasteiger partial charge >= 0.3 is 5.97 Å². The quantitative estimate of drug-likeness (QED) is 0.361. The number of ether oxygens (including phenoxy) is 1. The van der Waals surface area contributed by atoms with Crippen molar-refractivity contribution in [2.75, 3.05) is 17.7 Å². The molecule has 25 heavy (non-hydrogen) atoms. The van der Waals surface area contributed by atoms with Gasteiger partial charge in [0.05, 0.1) is 30.8 Å². The number of hydrogen-bond donors (Lipinski definition) is 2. The number of imidazole rings is 1. The molecule has 3 heterocycles. The van der Waals surface area contributed by atoms with Crippen LogP contribution in [0, 0.1) is 0 Å². The summed E-state index contributed by atoms with van der Waals surface area (Å²) >= 11 is 2.54. The molecule has 0 unspecified atom stereocenters. The number of rotatable bonds is 7. The highest BCUT2D eigenvalue weighted by atomic mass is 32.2. The van der Waals surface area contributed by atoms with E-state index in [9.17, 15) is 9.59 Å². The number of fused-ring (bicyclic) bond motifs is 1. The number of nitrogens with zero attached hydrogens (tertiary/aromatic N) is 4. The van der Waals surface area contributed by atoms with Gasteiger partial charge in [0.1, 0.15) is 16.9 Å². The van der Waals surface area contributed by atoms with Crippen LogP contribution in [0.1, 0.15) is 12.6 Å². The van der Waals surface area contributed by atoms with Crippen molar-refractivity contribution in [2.45, 2.75) is 18.4 Å². The van der Waals surface area contributed by atoms with Crippen LogP contribution >= 0.6 is 23.1 Å². The highest BCUT2D eigenvalue weighted by Crippen LogP contribution is 2.22. The molecular formula is C14H14N6O3S2. The van der Waals surface area contributed by atoms with Gasteiger partial charge in [-0.05, 0) is 6.92 Å². The molecule has 3 aromatic rings. The number of nitrogens with one attached hydrogen (secondary N) is 2. The van der Waals surface area contributed by atoms with Crippen molar-refractivity contribution in [1.29, 1.82) is 0 Å². The van der Waals surface area contributed by atoms with Crippen LogP contribution in [0.4, 0.5) is 5.13 Å². The summed E-state index contributed by atoms with van der Waals surface area (Å²) in [4.78, 5) is 42.9. The Hall–Kier alpha value is -2.53. The van der Waals surface area contributed by atoms with Gasteiger partial charge in [0.2, 0.25) is 5.91 Å². The minimum absolute atomic E-state index is 0.0910. The Bertz CT molecular complexity index is 893. The summed E-state index contributed by atoms with van der Waals surface area (Å²) in [6.45, 7) is 2.08. The molecule has 3 rings (SSSR count). The predicted octanol–water partition coefficient (Wildman–Crippen LogP) is 1.65. The van der Waals surface area contributed by atoms with Gasteiger partial charge in [-0.25, -0.2) is 19.9 Å². The molecule has 0 aliphatic rings. The molecule has 0 saturated heterocycles. The number of anilines is 1. The molecule has 0 spiro atoms. The molecular weight excluding hydrogens is 364 g/mol. The molecule has 0 aliphatic carbocycles. The van der Waals surface area contributed by atoms with Gasteiger partial charge in [-0.15, -0.1) is 11.3 Å². The first-order valence-electron chi connectivity index (χ1n) is 7.32. The highest BCUT2D eigenvalue weighted by molar-refractivity contribution is 8.00. The largest absolute Gasteiger partial charge is 0.466 e. The van der Waals surface area contributed by atoms with Crippen molar-refractivity contribution in [1.82, 2.24) is 24.9 Å². The number of carbonyl (C=O) groups excluding carboxylic acids is 2. The van der Waals surface area contributed by atoms with E-state index < -0.39 is 0 Å². The zero-order valence-electron chi connectivity index (χ0n) is 13.2. The summed E-state index contributed by atoms with van der Waals surface area (Å²) in [6.07, 6.45) is 3.03. The average Bonchev–Trinajstić information content (AvgIpc) is 3.22. The third-order valence-electron chi connectivity index (χ3n) is 2.96. The number of carbonyl (C=O) groups is 2. The Balaban J connectivity index is 1.53. The number of aromatic amines is 1. The molecule has 1 amide bonds. The topological polar surface area (TPSA) is 123 Å². The zero-order chi connectivity index (χ0) is 17.6. The second kappa shape index (κ2) is 8.03. The second-order valence-corrected chi connectivity index (χ2v) is 6.56. The Morgan fingerprint density at radius 3 is 3.08 bits per heavy atom. The van der Waals surface area contributed by atoms with Crippen LogP contribution in [0.2, 0.25) is 0 Å². The molecule has 0 bridgehead atoms. The molecule has 9 nitrogen and oxygen atoms in total. The van der Waals surface area contributed by atoms with Crippen molar-refractivity contribution in [3.8, 4) is 0 Å². The van der Waals surface area contributed by atoms with Gasteiger partial charge in [0, 0.05) is 5.38 Å². The number of H-pyrrole nitrogens is 1. The fraction of sp³-hybridized carbons (Fsp3) is 0.286. The predicted molar refractivity (Wildman–Crippen MR) is 93.5 cm³/mol. The minimum Gasteiger partial charge on any atom is -0.466 e. The Kier molecular flexibility index (Phi) is 5.56. The van der Waals surface area contributed by atoms with Crippen LogP contribution in [-0.4, -0.2) is 49.2 Å². The summed E-state index contributed by atoms with van der Waals surface area (Å²) in [5, 5.41) is 5.52. The van der Waals surface area contributed by atoms with Crippen LogP contribution in [-0.2, 0) is 20.7 Å². The first-order valence-corrected chi connectivity index (χ1v) is 9.19. The lowest BCUT2D eigenvalue weighted by Gasteiger charge is -2.02. The Morgan fingerprint density at radius 1 is 1.36 bits per heavy atom. The zero-order valence-corrected chi connectivity index (χ0v) is 14.8. The van der Waals surface area contributed by atoms with Crippen LogP contribution in [0.3, 0.4) is 0 Å². The van der Waals surface area contributed by atoms with Gasteiger partial charge in [-0.1, -0.05) is 11.8 Å². The van der Waals surface area contributed by atoms with E-state index in [-0.39, 0.29) is 24.1 Å². The molecule has 0 aromatic carbocycles. The van der Waals surface area contributed by atoms with Crippen molar-refractivity contribution in [3.05, 3.63) is 23.7 Å². The molecule has 2 N–H and O–H groups in total. The summed E-state index contributed by atoms with van der Waals surface area (Å²) < 4.78 is 4.87. The van der Waals surface area contributed by atoms with Crippen LogP contribution < -0.4 is 5.32 Å². The van der Waals surface area contributed by atoms with E-state index >= 15 is 0 Å². The lowest BCUT2D eigenvalue weighted by atomic mass is 10.3. The van der Waals surface area contributed by atoms with E-state index in [0.717, 1.165) is 0 Å². The molecule has 0 aliphatic heterocycles. The van der Waals surface area contributed by atoms with E-state index in [2.05, 4.69) is 30.2 Å². The van der Waals surface area contributed by atoms with E-state index in [1.54, 1.807) is 12.3 Å². The van der Waals surface area contributed by atoms with E-state index in [4.69, 9.17) is 4.74 Å². The van der Waals surface area contributed by atoms with Gasteiger partial charge < -0.3 is 15.0 Å². The average molecular weight is 378 g/mol. The lowest BCUT2D eigenvalue weighted by Crippen LogP contribution is -2.14. The van der Waals surface area contributed by atoms with Crippen LogP contribution in [0.5, 0.6) is 0 Å². The third-order valence-corrected chi connectivity index (χ3v) is 4.75. The maximum absolute atomic E-state index is 12.1. The molecule has 0 atom stereocenters. The van der Waals surface area contributed by atoms with E-state index in [1.165, 1.54) is 35.8 Å². The van der Waals surface area contributed by atoms with Crippen molar-refractivity contribution < 1.29 is 14.3 Å². The number of esters is 1. The first-order chi connectivity index (χ1) is 12.2. The molecule has 3 aromatic heterocycles. The normalized spacial score (nSPS) is 10.8. The number of amides is 1. The van der Waals surface area contributed by atoms with Crippen LogP contribution in [0.15, 0.2) is 23.1 Å². The van der Waals surface area contributed by atoms with E-state index in [0.29, 0.717) is 33.6 Å². The summed E-state index contributed by atoms with van der Waals surface area (Å²) in [5.41, 5.74) is 1.83. The Labute approximate surface area is 150 Å². The fourth-order valence-electron chi connectivity index (χ4n) is 1.95. The maximum atomic E-state index is 12.1. The molecule has 130 valence electrons. The minimum atomic E-state index is -0.339. The number of thiazole rings is 1. The molecule has 0 saturated carbocycles. The summed E-state index contributed by atoms with van der Waals surface area (Å²) in [7, 11) is 0. The molecule has 11 heteroatoms. The summed E-state index contributed by atoms with van der Waals surface area (Å²) in [5.74, 6) is -0.389. The highest BCUT2D eigenvalue weighted by Gasteiger charge is 2.12. The van der Waals surface area contributed by atoms with Crippen LogP contribution in [0.25, 0.3) is 11.2 Å². The lowest BCUT2D eigenvalue weighted by molar-refractivity contribution is -0.142. The number of hydrogen-bond acceptors (Lipinski definition) is 9. The standard InChI is InChI=1S/C14H14N6O3S2/c1-2-23-10(22)3-8-4-25-14(19-8)20-9(21)5-24-13-11-12(16-6-15-11)17-7-18-13/h4,6-7H,2-3,5H2,1H3,(H,19,20,21)(H,15,16,17,18). The van der Waals surface area contributed by atoms with Gasteiger partial charge in [0.25, 0.3) is 0 Å². The van der Waals surface area contributed by atoms with Gasteiger partial charge in [0.15, 0.2) is 10.8 Å². The second-order valence-electron chi connectivity index (χ2n) is 4.74. The third kappa shape index (κ3) is 4.51.